The molecule has 2 rings (SSSR count). The number of hydrogen-bond acceptors (Lipinski definition) is 4. The van der Waals surface area contributed by atoms with Crippen molar-refractivity contribution < 1.29 is 9.53 Å². The van der Waals surface area contributed by atoms with E-state index < -0.39 is 5.60 Å². The Bertz CT molecular complexity index is 626. The van der Waals surface area contributed by atoms with Crippen LogP contribution in [0.2, 0.25) is 0 Å². The lowest BCUT2D eigenvalue weighted by Gasteiger charge is -2.22. The number of aliphatic imine (C=N–C) groups is 1. The molecule has 0 aromatic carbocycles. The Kier molecular flexibility index (Phi) is 9.34. The Balaban J connectivity index is 0.00000364. The Hall–Kier alpha value is -1.52. The van der Waals surface area contributed by atoms with Crippen molar-refractivity contribution in [2.75, 3.05) is 33.2 Å². The third-order valence-corrected chi connectivity index (χ3v) is 4.20. The molecular weight excluding hydrogens is 459 g/mol. The highest BCUT2D eigenvalue weighted by molar-refractivity contribution is 14.0. The topological polar surface area (TPSA) is 83.8 Å². The molecule has 0 bridgehead atoms. The van der Waals surface area contributed by atoms with Crippen molar-refractivity contribution in [1.82, 2.24) is 25.3 Å². The molecule has 27 heavy (non-hydrogen) atoms. The molecule has 2 N–H and O–H groups in total. The zero-order valence-corrected chi connectivity index (χ0v) is 19.3. The minimum Gasteiger partial charge on any atom is -0.444 e. The SMILES string of the molecule is CN=C(NCCCNC(=O)OC(C)(C)C)N1CCC(c2cnn(C)c2)C1.I. The van der Waals surface area contributed by atoms with E-state index in [1.807, 2.05) is 38.7 Å². The third kappa shape index (κ3) is 7.94. The van der Waals surface area contributed by atoms with Gasteiger partial charge in [0, 0.05) is 52.4 Å². The number of nitrogens with one attached hydrogen (secondary N) is 2. The van der Waals surface area contributed by atoms with Crippen LogP contribution in [0.25, 0.3) is 0 Å². The molecule has 1 amide bonds. The standard InChI is InChI=1S/C18H32N6O2.HI/c1-18(2,3)26-17(25)21-9-6-8-20-16(19-4)24-10-7-14(13-24)15-11-22-23(5)12-15;/h11-12,14H,6-10,13H2,1-5H3,(H,19,20)(H,21,25);1H. The lowest BCUT2D eigenvalue weighted by molar-refractivity contribution is 0.0527. The number of halogens is 1. The second-order valence-corrected chi connectivity index (χ2v) is 7.64. The van der Waals surface area contributed by atoms with Crippen LogP contribution < -0.4 is 10.6 Å². The summed E-state index contributed by atoms with van der Waals surface area (Å²) in [6, 6.07) is 0. The van der Waals surface area contributed by atoms with Gasteiger partial charge in [0.05, 0.1) is 6.20 Å². The summed E-state index contributed by atoms with van der Waals surface area (Å²) in [5.74, 6) is 1.41. The number of hydrogen-bond donors (Lipinski definition) is 2. The molecule has 0 saturated carbocycles. The predicted octanol–water partition coefficient (Wildman–Crippen LogP) is 2.32. The summed E-state index contributed by atoms with van der Waals surface area (Å²) >= 11 is 0. The molecule has 1 unspecified atom stereocenters. The molecule has 9 heteroatoms. The lowest BCUT2D eigenvalue weighted by atomic mass is 10.0. The summed E-state index contributed by atoms with van der Waals surface area (Å²) in [5.41, 5.74) is 0.817. The van der Waals surface area contributed by atoms with Gasteiger partial charge in [0.1, 0.15) is 5.60 Å². The molecular formula is C18H33IN6O2. The molecule has 1 fully saturated rings. The number of carbonyl (C=O) groups excluding carboxylic acids is 1. The third-order valence-electron chi connectivity index (χ3n) is 4.20. The number of ether oxygens (including phenoxy) is 1. The predicted molar refractivity (Wildman–Crippen MR) is 118 cm³/mol. The number of carbonyl (C=O) groups is 1. The fraction of sp³-hybridized carbons (Fsp3) is 0.722. The van der Waals surface area contributed by atoms with Crippen molar-refractivity contribution in [3.05, 3.63) is 18.0 Å². The molecule has 1 aromatic rings. The number of likely N-dealkylation sites (tertiary alicyclic amines) is 1. The number of rotatable bonds is 5. The summed E-state index contributed by atoms with van der Waals surface area (Å²) in [4.78, 5) is 18.3. The van der Waals surface area contributed by atoms with Crippen LogP contribution in [0.3, 0.4) is 0 Å². The van der Waals surface area contributed by atoms with Crippen molar-refractivity contribution >= 4 is 36.0 Å². The average Bonchev–Trinajstić information content (AvgIpc) is 3.18. The van der Waals surface area contributed by atoms with E-state index in [2.05, 4.69) is 31.8 Å². The monoisotopic (exact) mass is 492 g/mol. The molecule has 2 heterocycles. The van der Waals surface area contributed by atoms with Crippen molar-refractivity contribution in [2.45, 2.75) is 45.1 Å². The van der Waals surface area contributed by atoms with Crippen molar-refractivity contribution in [1.29, 1.82) is 0 Å². The van der Waals surface area contributed by atoms with Gasteiger partial charge in [0.25, 0.3) is 0 Å². The zero-order valence-electron chi connectivity index (χ0n) is 17.0. The van der Waals surface area contributed by atoms with Crippen LogP contribution in [0.5, 0.6) is 0 Å². The molecule has 1 aliphatic heterocycles. The first-order valence-electron chi connectivity index (χ1n) is 9.19. The van der Waals surface area contributed by atoms with Crippen molar-refractivity contribution in [3.63, 3.8) is 0 Å². The smallest absolute Gasteiger partial charge is 0.407 e. The number of aromatic nitrogens is 2. The van der Waals surface area contributed by atoms with Crippen LogP contribution in [0.15, 0.2) is 17.4 Å². The largest absolute Gasteiger partial charge is 0.444 e. The molecule has 1 atom stereocenters. The molecule has 8 nitrogen and oxygen atoms in total. The van der Waals surface area contributed by atoms with Gasteiger partial charge in [0.15, 0.2) is 5.96 Å². The van der Waals surface area contributed by atoms with Crippen molar-refractivity contribution in [3.8, 4) is 0 Å². The van der Waals surface area contributed by atoms with E-state index in [0.717, 1.165) is 38.4 Å². The molecule has 154 valence electrons. The van der Waals surface area contributed by atoms with Crippen LogP contribution in [0.4, 0.5) is 4.79 Å². The maximum Gasteiger partial charge on any atom is 0.407 e. The first-order chi connectivity index (χ1) is 12.3. The highest BCUT2D eigenvalue weighted by Gasteiger charge is 2.26. The fourth-order valence-electron chi connectivity index (χ4n) is 3.00. The summed E-state index contributed by atoms with van der Waals surface area (Å²) in [7, 11) is 3.75. The van der Waals surface area contributed by atoms with Crippen LogP contribution in [-0.4, -0.2) is 65.6 Å². The maximum atomic E-state index is 11.6. The minimum absolute atomic E-state index is 0. The normalized spacial score (nSPS) is 17.4. The van der Waals surface area contributed by atoms with Crippen LogP contribution >= 0.6 is 24.0 Å². The molecule has 1 saturated heterocycles. The Labute approximate surface area is 179 Å². The fourth-order valence-corrected chi connectivity index (χ4v) is 3.00. The molecule has 1 aromatic heterocycles. The first kappa shape index (κ1) is 23.5. The van der Waals surface area contributed by atoms with Gasteiger partial charge in [-0.05, 0) is 39.2 Å². The van der Waals surface area contributed by atoms with Gasteiger partial charge in [-0.15, -0.1) is 24.0 Å². The highest BCUT2D eigenvalue weighted by atomic mass is 127. The van der Waals surface area contributed by atoms with Gasteiger partial charge in [-0.25, -0.2) is 4.79 Å². The average molecular weight is 492 g/mol. The van der Waals surface area contributed by atoms with Gasteiger partial charge in [-0.3, -0.25) is 9.67 Å². The quantitative estimate of drug-likeness (QED) is 0.285. The number of aryl methyl sites for hydroxylation is 1. The van der Waals surface area contributed by atoms with Gasteiger partial charge >= 0.3 is 6.09 Å². The van der Waals surface area contributed by atoms with Crippen LogP contribution in [0.1, 0.15) is 45.1 Å². The van der Waals surface area contributed by atoms with E-state index in [4.69, 9.17) is 4.74 Å². The molecule has 0 spiro atoms. The van der Waals surface area contributed by atoms with E-state index in [-0.39, 0.29) is 30.1 Å². The summed E-state index contributed by atoms with van der Waals surface area (Å²) in [5, 5.41) is 10.4. The molecule has 0 radical (unpaired) electrons. The second-order valence-electron chi connectivity index (χ2n) is 7.64. The second kappa shape index (κ2) is 10.7. The maximum absolute atomic E-state index is 11.6. The van der Waals surface area contributed by atoms with Crippen molar-refractivity contribution in [2.24, 2.45) is 12.0 Å². The Morgan fingerprint density at radius 1 is 1.37 bits per heavy atom. The Morgan fingerprint density at radius 3 is 2.67 bits per heavy atom. The van der Waals surface area contributed by atoms with Crippen LogP contribution in [-0.2, 0) is 11.8 Å². The zero-order chi connectivity index (χ0) is 19.2. The lowest BCUT2D eigenvalue weighted by Crippen LogP contribution is -2.41. The Morgan fingerprint density at radius 2 is 2.07 bits per heavy atom. The molecule has 1 aliphatic rings. The van der Waals surface area contributed by atoms with Gasteiger partial charge < -0.3 is 20.3 Å². The molecule has 0 aliphatic carbocycles. The van der Waals surface area contributed by atoms with E-state index in [9.17, 15) is 4.79 Å². The van der Waals surface area contributed by atoms with Crippen LogP contribution in [0, 0.1) is 0 Å². The van der Waals surface area contributed by atoms with E-state index >= 15 is 0 Å². The van der Waals surface area contributed by atoms with Gasteiger partial charge in [-0.2, -0.15) is 5.10 Å². The van der Waals surface area contributed by atoms with E-state index in [0.29, 0.717) is 12.5 Å². The summed E-state index contributed by atoms with van der Waals surface area (Å²) in [6.45, 7) is 8.80. The highest BCUT2D eigenvalue weighted by Crippen LogP contribution is 2.26. The number of alkyl carbamates (subject to hydrolysis) is 1. The van der Waals surface area contributed by atoms with Gasteiger partial charge in [0.2, 0.25) is 0 Å². The first-order valence-corrected chi connectivity index (χ1v) is 9.19. The van der Waals surface area contributed by atoms with E-state index in [1.165, 1.54) is 5.56 Å². The number of guanidine groups is 1. The number of nitrogens with zero attached hydrogens (tertiary/aromatic N) is 4. The minimum atomic E-state index is -0.467. The van der Waals surface area contributed by atoms with Gasteiger partial charge in [-0.1, -0.05) is 0 Å². The number of amides is 1. The van der Waals surface area contributed by atoms with E-state index in [1.54, 1.807) is 7.05 Å². The summed E-state index contributed by atoms with van der Waals surface area (Å²) in [6.07, 6.45) is 5.57. The summed E-state index contributed by atoms with van der Waals surface area (Å²) < 4.78 is 7.06.